The van der Waals surface area contributed by atoms with E-state index in [1.807, 2.05) is 30.3 Å². The van der Waals surface area contributed by atoms with Crippen molar-refractivity contribution in [1.29, 1.82) is 0 Å². The van der Waals surface area contributed by atoms with Gasteiger partial charge in [0.25, 0.3) is 10.0 Å². The molecule has 0 fully saturated rings. The Labute approximate surface area is 172 Å². The Bertz CT molecular complexity index is 1110. The van der Waals surface area contributed by atoms with Crippen LogP contribution in [0.15, 0.2) is 65.6 Å². The maximum atomic E-state index is 13.4. The molecule has 0 bridgehead atoms. The van der Waals surface area contributed by atoms with E-state index in [2.05, 4.69) is 0 Å². The number of halogens is 1. The van der Waals surface area contributed by atoms with Gasteiger partial charge in [-0.15, -0.1) is 11.3 Å². The molecule has 2 aromatic carbocycles. The first-order chi connectivity index (χ1) is 13.2. The first-order valence-corrected chi connectivity index (χ1v) is 11.1. The minimum atomic E-state index is -4.06. The third-order valence-electron chi connectivity index (χ3n) is 4.04. The third kappa shape index (κ3) is 3.78. The molecule has 3 rings (SSSR count). The lowest BCUT2D eigenvalue weighted by Gasteiger charge is -2.28. The van der Waals surface area contributed by atoms with Gasteiger partial charge in [-0.2, -0.15) is 0 Å². The Hall–Kier alpha value is -2.35. The van der Waals surface area contributed by atoms with Gasteiger partial charge in [-0.05, 0) is 37.6 Å². The number of benzene rings is 2. The van der Waals surface area contributed by atoms with Gasteiger partial charge in [0, 0.05) is 10.9 Å². The van der Waals surface area contributed by atoms with Crippen molar-refractivity contribution in [1.82, 2.24) is 0 Å². The Morgan fingerprint density at radius 1 is 1.07 bits per heavy atom. The largest absolute Gasteiger partial charge is 0.477 e. The van der Waals surface area contributed by atoms with E-state index in [9.17, 15) is 18.3 Å². The predicted octanol–water partition coefficient (Wildman–Crippen LogP) is 5.37. The molecule has 0 aliphatic rings. The summed E-state index contributed by atoms with van der Waals surface area (Å²) in [5, 5.41) is 9.80. The summed E-state index contributed by atoms with van der Waals surface area (Å²) in [7, 11) is -4.06. The minimum Gasteiger partial charge on any atom is -0.477 e. The zero-order valence-electron chi connectivity index (χ0n) is 15.2. The summed E-state index contributed by atoms with van der Waals surface area (Å²) in [5.74, 6) is -1.18. The van der Waals surface area contributed by atoms with E-state index in [4.69, 9.17) is 11.6 Å². The molecule has 0 saturated carbocycles. The van der Waals surface area contributed by atoms with Crippen LogP contribution >= 0.6 is 22.9 Å². The molecule has 1 N–H and O–H groups in total. The molecular weight excluding hydrogens is 418 g/mol. The van der Waals surface area contributed by atoms with Crippen LogP contribution in [-0.4, -0.2) is 25.5 Å². The highest BCUT2D eigenvalue weighted by molar-refractivity contribution is 7.93. The van der Waals surface area contributed by atoms with Gasteiger partial charge in [0.1, 0.15) is 9.77 Å². The lowest BCUT2D eigenvalue weighted by atomic mass is 10.2. The number of thiophene rings is 1. The summed E-state index contributed by atoms with van der Waals surface area (Å²) >= 11 is 7.17. The molecule has 0 unspecified atom stereocenters. The van der Waals surface area contributed by atoms with Crippen LogP contribution in [0.3, 0.4) is 0 Å². The summed E-state index contributed by atoms with van der Waals surface area (Å²) in [6.45, 7) is 3.39. The second-order valence-electron chi connectivity index (χ2n) is 6.32. The number of carboxylic acids is 1. The van der Waals surface area contributed by atoms with Gasteiger partial charge in [-0.3, -0.25) is 4.31 Å². The number of carbonyl (C=O) groups is 1. The van der Waals surface area contributed by atoms with Crippen molar-refractivity contribution in [3.05, 3.63) is 70.6 Å². The topological polar surface area (TPSA) is 74.7 Å². The number of nitrogens with zero attached hydrogens (tertiary/aromatic N) is 1. The smallest absolute Gasteiger partial charge is 0.348 e. The Balaban J connectivity index is 2.22. The molecule has 1 heterocycles. The fourth-order valence-electron chi connectivity index (χ4n) is 2.89. The molecule has 8 heteroatoms. The number of carboxylic acid groups (broad SMARTS) is 1. The fraction of sp³-hybridized carbons (Fsp3) is 0.150. The van der Waals surface area contributed by atoms with Crippen LogP contribution < -0.4 is 4.31 Å². The van der Waals surface area contributed by atoms with Crippen LogP contribution in [0.5, 0.6) is 0 Å². The summed E-state index contributed by atoms with van der Waals surface area (Å²) in [5.41, 5.74) is 0.950. The van der Waals surface area contributed by atoms with Crippen molar-refractivity contribution < 1.29 is 18.3 Å². The van der Waals surface area contributed by atoms with Crippen LogP contribution in [-0.2, 0) is 10.0 Å². The SMILES string of the molecule is CC(C)N(c1cc(-c2ccccc2)sc1C(=O)O)S(=O)(=O)c1ccccc1Cl. The van der Waals surface area contributed by atoms with Crippen molar-refractivity contribution in [3.8, 4) is 10.4 Å². The number of hydrogen-bond donors (Lipinski definition) is 1. The van der Waals surface area contributed by atoms with Crippen LogP contribution in [0.1, 0.15) is 23.5 Å². The third-order valence-corrected chi connectivity index (χ3v) is 7.70. The molecule has 1 aromatic heterocycles. The van der Waals surface area contributed by atoms with E-state index >= 15 is 0 Å². The average Bonchev–Trinajstić information content (AvgIpc) is 3.07. The summed E-state index contributed by atoms with van der Waals surface area (Å²) in [6.07, 6.45) is 0. The van der Waals surface area contributed by atoms with E-state index in [1.165, 1.54) is 12.1 Å². The molecule has 0 radical (unpaired) electrons. The monoisotopic (exact) mass is 435 g/mol. The van der Waals surface area contributed by atoms with E-state index in [0.717, 1.165) is 21.2 Å². The number of hydrogen-bond acceptors (Lipinski definition) is 4. The van der Waals surface area contributed by atoms with Crippen molar-refractivity contribution >= 4 is 44.6 Å². The molecule has 0 atom stereocenters. The molecule has 28 heavy (non-hydrogen) atoms. The lowest BCUT2D eigenvalue weighted by Crippen LogP contribution is -2.37. The standard InChI is InChI=1S/C20H18ClNO4S2/c1-13(2)22(28(25,26)18-11-7-6-10-15(18)21)16-12-17(27-19(16)20(23)24)14-8-4-3-5-9-14/h3-13H,1-2H3,(H,23,24). The highest BCUT2D eigenvalue weighted by Crippen LogP contribution is 2.40. The van der Waals surface area contributed by atoms with Crippen LogP contribution in [0.2, 0.25) is 5.02 Å². The van der Waals surface area contributed by atoms with E-state index in [-0.39, 0.29) is 20.5 Å². The second-order valence-corrected chi connectivity index (χ2v) is 9.56. The second kappa shape index (κ2) is 7.95. The van der Waals surface area contributed by atoms with Crippen LogP contribution in [0.25, 0.3) is 10.4 Å². The summed E-state index contributed by atoms with van der Waals surface area (Å²) in [6, 6.07) is 16.5. The molecule has 0 amide bonds. The van der Waals surface area contributed by atoms with Gasteiger partial charge in [-0.25, -0.2) is 13.2 Å². The van der Waals surface area contributed by atoms with Crippen molar-refractivity contribution in [2.24, 2.45) is 0 Å². The molecule has 0 spiro atoms. The number of rotatable bonds is 6. The van der Waals surface area contributed by atoms with Crippen LogP contribution in [0.4, 0.5) is 5.69 Å². The van der Waals surface area contributed by atoms with Crippen molar-refractivity contribution in [2.75, 3.05) is 4.31 Å². The molecular formula is C20H18ClNO4S2. The fourth-order valence-corrected chi connectivity index (χ4v) is 6.10. The van der Waals surface area contributed by atoms with Gasteiger partial charge in [0.05, 0.1) is 10.7 Å². The van der Waals surface area contributed by atoms with E-state index < -0.39 is 22.0 Å². The number of aromatic carboxylic acids is 1. The highest BCUT2D eigenvalue weighted by Gasteiger charge is 2.33. The van der Waals surface area contributed by atoms with Gasteiger partial charge < -0.3 is 5.11 Å². The molecule has 0 aliphatic heterocycles. The maximum absolute atomic E-state index is 13.4. The van der Waals surface area contributed by atoms with Crippen LogP contribution in [0, 0.1) is 0 Å². The molecule has 0 aliphatic carbocycles. The summed E-state index contributed by atoms with van der Waals surface area (Å²) in [4.78, 5) is 12.5. The molecule has 3 aromatic rings. The molecule has 146 valence electrons. The number of sulfonamides is 1. The minimum absolute atomic E-state index is 0.0387. The van der Waals surface area contributed by atoms with Gasteiger partial charge in [0.15, 0.2) is 0 Å². The first-order valence-electron chi connectivity index (χ1n) is 8.45. The quantitative estimate of drug-likeness (QED) is 0.564. The van der Waals surface area contributed by atoms with Gasteiger partial charge >= 0.3 is 5.97 Å². The van der Waals surface area contributed by atoms with E-state index in [0.29, 0.717) is 4.88 Å². The normalized spacial score (nSPS) is 11.6. The number of anilines is 1. The molecule has 5 nitrogen and oxygen atoms in total. The maximum Gasteiger partial charge on any atom is 0.348 e. The van der Waals surface area contributed by atoms with Gasteiger partial charge in [0.2, 0.25) is 0 Å². The molecule has 0 saturated heterocycles. The van der Waals surface area contributed by atoms with E-state index in [1.54, 1.807) is 32.0 Å². The average molecular weight is 436 g/mol. The lowest BCUT2D eigenvalue weighted by molar-refractivity contribution is 0.0703. The highest BCUT2D eigenvalue weighted by atomic mass is 35.5. The van der Waals surface area contributed by atoms with Crippen molar-refractivity contribution in [2.45, 2.75) is 24.8 Å². The van der Waals surface area contributed by atoms with Crippen molar-refractivity contribution in [3.63, 3.8) is 0 Å². The zero-order valence-corrected chi connectivity index (χ0v) is 17.6. The Morgan fingerprint density at radius 3 is 2.25 bits per heavy atom. The van der Waals surface area contributed by atoms with Gasteiger partial charge in [-0.1, -0.05) is 54.1 Å². The Morgan fingerprint density at radius 2 is 1.68 bits per heavy atom. The first kappa shape index (κ1) is 20.4. The Kier molecular flexibility index (Phi) is 5.79. The zero-order chi connectivity index (χ0) is 20.5. The predicted molar refractivity (Wildman–Crippen MR) is 113 cm³/mol. The summed E-state index contributed by atoms with van der Waals surface area (Å²) < 4.78 is 27.9.